The van der Waals surface area contributed by atoms with Crippen molar-refractivity contribution >= 4 is 17.5 Å². The largest absolute Gasteiger partial charge is 0.351 e. The van der Waals surface area contributed by atoms with Gasteiger partial charge in [-0.2, -0.15) is 0 Å². The van der Waals surface area contributed by atoms with Crippen molar-refractivity contribution in [1.82, 2.24) is 19.9 Å². The molecule has 3 N–H and O–H groups in total. The number of imidazole rings is 1. The predicted molar refractivity (Wildman–Crippen MR) is 139 cm³/mol. The molecule has 3 heterocycles. The van der Waals surface area contributed by atoms with Gasteiger partial charge in [-0.15, -0.1) is 0 Å². The minimum absolute atomic E-state index is 0.140. The van der Waals surface area contributed by atoms with Gasteiger partial charge in [0, 0.05) is 23.5 Å². The Morgan fingerprint density at radius 2 is 1.76 bits per heavy atom. The van der Waals surface area contributed by atoms with Crippen molar-refractivity contribution < 1.29 is 18.7 Å². The van der Waals surface area contributed by atoms with Crippen LogP contribution in [0.15, 0.2) is 66.9 Å². The fourth-order valence-electron chi connectivity index (χ4n) is 4.18. The molecule has 1 aliphatic heterocycles. The molecule has 1 saturated carbocycles. The van der Waals surface area contributed by atoms with E-state index in [0.717, 1.165) is 12.8 Å². The lowest BCUT2D eigenvalue weighted by atomic mass is 9.91. The number of carbonyl (C=O) groups is 1. The Hall–Kier alpha value is -4.15. The lowest BCUT2D eigenvalue weighted by Crippen LogP contribution is -2.45. The Morgan fingerprint density at radius 1 is 1.03 bits per heavy atom. The molecule has 0 spiro atoms. The van der Waals surface area contributed by atoms with Gasteiger partial charge in [-0.05, 0) is 62.2 Å². The summed E-state index contributed by atoms with van der Waals surface area (Å²) in [5.74, 6) is 0.443. The van der Waals surface area contributed by atoms with E-state index in [1.54, 1.807) is 31.3 Å². The van der Waals surface area contributed by atoms with E-state index in [9.17, 15) is 9.18 Å². The molecule has 38 heavy (non-hydrogen) atoms. The number of halogens is 1. The van der Waals surface area contributed by atoms with Crippen molar-refractivity contribution in [1.29, 1.82) is 0 Å². The van der Waals surface area contributed by atoms with E-state index >= 15 is 0 Å². The number of aromatic amines is 1. The number of nitrogens with one attached hydrogen (secondary N) is 3. The Morgan fingerprint density at radius 3 is 2.47 bits per heavy atom. The molecule has 2 aromatic heterocycles. The van der Waals surface area contributed by atoms with Crippen LogP contribution in [0.4, 0.5) is 16.0 Å². The number of H-pyrrole nitrogens is 1. The molecule has 2 aromatic carbocycles. The molecule has 1 amide bonds. The highest BCUT2D eigenvalue weighted by Crippen LogP contribution is 2.36. The summed E-state index contributed by atoms with van der Waals surface area (Å²) in [5, 5.41) is 6.22. The summed E-state index contributed by atoms with van der Waals surface area (Å²) in [6.45, 7) is 2.08. The average molecular weight is 515 g/mol. The molecule has 2 fully saturated rings. The number of hydrogen-bond donors (Lipinski definition) is 3. The summed E-state index contributed by atoms with van der Waals surface area (Å²) in [5.41, 5.74) is 2.39. The number of rotatable bonds is 7. The summed E-state index contributed by atoms with van der Waals surface area (Å²) in [6.07, 6.45) is 3.07. The molecule has 0 radical (unpaired) electrons. The molecule has 1 saturated heterocycles. The van der Waals surface area contributed by atoms with Crippen molar-refractivity contribution in [3.8, 4) is 22.6 Å². The number of para-hydroxylation sites is 1. The average Bonchev–Trinajstić information content (AvgIpc) is 3.64. The molecule has 194 valence electrons. The fraction of sp³-hybridized carbons (Fsp3) is 0.286. The van der Waals surface area contributed by atoms with Gasteiger partial charge in [0.25, 0.3) is 0 Å². The SMILES string of the molecule is CC1(C(=O)Nc2ccccc2)COC(c2nc(-c3ccc(F)cc3)c(-c3ccnc(NC4CC4)n3)[nH]2)OC1. The monoisotopic (exact) mass is 514 g/mol. The van der Waals surface area contributed by atoms with Crippen molar-refractivity contribution in [3.05, 3.63) is 78.5 Å². The number of hydrogen-bond acceptors (Lipinski definition) is 7. The van der Waals surface area contributed by atoms with Crippen LogP contribution in [0.5, 0.6) is 0 Å². The highest BCUT2D eigenvalue weighted by Gasteiger charge is 2.41. The molecule has 0 atom stereocenters. The van der Waals surface area contributed by atoms with Gasteiger partial charge in [0.05, 0.1) is 35.7 Å². The molecular formula is C28H27FN6O3. The van der Waals surface area contributed by atoms with Crippen molar-refractivity contribution in [2.75, 3.05) is 23.8 Å². The Balaban J connectivity index is 1.25. The third-order valence-corrected chi connectivity index (χ3v) is 6.57. The zero-order chi connectivity index (χ0) is 26.1. The smallest absolute Gasteiger partial charge is 0.234 e. The first kappa shape index (κ1) is 24.2. The van der Waals surface area contributed by atoms with E-state index in [4.69, 9.17) is 14.5 Å². The number of nitrogens with zero attached hydrogens (tertiary/aromatic N) is 3. The van der Waals surface area contributed by atoms with Gasteiger partial charge in [-0.3, -0.25) is 4.79 Å². The minimum atomic E-state index is -0.877. The van der Waals surface area contributed by atoms with Crippen LogP contribution in [-0.2, 0) is 14.3 Å². The summed E-state index contributed by atoms with van der Waals surface area (Å²) in [6, 6.07) is 17.5. The van der Waals surface area contributed by atoms with Gasteiger partial charge in [0.1, 0.15) is 5.82 Å². The first-order valence-electron chi connectivity index (χ1n) is 12.5. The number of aromatic nitrogens is 4. The molecule has 10 heteroatoms. The maximum Gasteiger partial charge on any atom is 0.234 e. The molecular weight excluding hydrogens is 487 g/mol. The van der Waals surface area contributed by atoms with Crippen LogP contribution in [0.2, 0.25) is 0 Å². The maximum absolute atomic E-state index is 13.6. The summed E-state index contributed by atoms with van der Waals surface area (Å²) in [4.78, 5) is 30.0. The van der Waals surface area contributed by atoms with Crippen molar-refractivity contribution in [3.63, 3.8) is 0 Å². The van der Waals surface area contributed by atoms with Crippen molar-refractivity contribution in [2.45, 2.75) is 32.1 Å². The van der Waals surface area contributed by atoms with Crippen LogP contribution in [-0.4, -0.2) is 45.1 Å². The van der Waals surface area contributed by atoms with Crippen molar-refractivity contribution in [2.24, 2.45) is 5.41 Å². The highest BCUT2D eigenvalue weighted by molar-refractivity contribution is 5.95. The molecule has 2 aliphatic rings. The molecule has 9 nitrogen and oxygen atoms in total. The van der Waals surface area contributed by atoms with Gasteiger partial charge in [-0.1, -0.05) is 18.2 Å². The number of amides is 1. The first-order chi connectivity index (χ1) is 18.5. The fourth-order valence-corrected chi connectivity index (χ4v) is 4.18. The van der Waals surface area contributed by atoms with E-state index in [-0.39, 0.29) is 24.9 Å². The second-order valence-electron chi connectivity index (χ2n) is 9.87. The number of ether oxygens (including phenoxy) is 2. The first-order valence-corrected chi connectivity index (χ1v) is 12.5. The standard InChI is InChI=1S/C28H27FN6O3/c1-28(26(36)31-19-5-3-2-4-6-19)15-37-25(38-16-28)24-34-22(17-7-9-18(29)10-8-17)23(35-24)21-13-14-30-27(33-21)32-20-11-12-20/h2-10,13-14,20,25H,11-12,15-16H2,1H3,(H,31,36)(H,34,35)(H,30,32,33). The Kier molecular flexibility index (Phi) is 6.34. The van der Waals surface area contributed by atoms with Gasteiger partial charge in [0.2, 0.25) is 18.1 Å². The predicted octanol–water partition coefficient (Wildman–Crippen LogP) is 4.94. The van der Waals surface area contributed by atoms with Crippen LogP contribution in [0.25, 0.3) is 22.6 Å². The normalized spacial score (nSPS) is 21.2. The molecule has 0 unspecified atom stereocenters. The van der Waals surface area contributed by atoms with Crippen LogP contribution in [0.1, 0.15) is 31.9 Å². The summed E-state index contributed by atoms with van der Waals surface area (Å²) >= 11 is 0. The van der Waals surface area contributed by atoms with Gasteiger partial charge in [-0.25, -0.2) is 19.3 Å². The molecule has 1 aliphatic carbocycles. The zero-order valence-electron chi connectivity index (χ0n) is 20.8. The van der Waals surface area contributed by atoms with Gasteiger partial charge < -0.3 is 25.1 Å². The second-order valence-corrected chi connectivity index (χ2v) is 9.87. The van der Waals surface area contributed by atoms with E-state index in [0.29, 0.717) is 46.1 Å². The quantitative estimate of drug-likeness (QED) is 0.320. The molecule has 6 rings (SSSR count). The van der Waals surface area contributed by atoms with E-state index in [2.05, 4.69) is 25.6 Å². The lowest BCUT2D eigenvalue weighted by molar-refractivity contribution is -0.229. The third kappa shape index (κ3) is 5.13. The van der Waals surface area contributed by atoms with Crippen LogP contribution in [0.3, 0.4) is 0 Å². The zero-order valence-corrected chi connectivity index (χ0v) is 20.8. The Labute approximate surface area is 218 Å². The highest BCUT2D eigenvalue weighted by atomic mass is 19.1. The van der Waals surface area contributed by atoms with Crippen LogP contribution in [0, 0.1) is 11.2 Å². The number of benzene rings is 2. The van der Waals surface area contributed by atoms with Gasteiger partial charge in [0.15, 0.2) is 5.82 Å². The number of anilines is 2. The molecule has 4 aromatic rings. The van der Waals surface area contributed by atoms with Crippen LogP contribution >= 0.6 is 0 Å². The lowest BCUT2D eigenvalue weighted by Gasteiger charge is -2.35. The second kappa shape index (κ2) is 9.96. The third-order valence-electron chi connectivity index (χ3n) is 6.57. The number of carbonyl (C=O) groups excluding carboxylic acids is 1. The van der Waals surface area contributed by atoms with E-state index in [1.165, 1.54) is 12.1 Å². The summed E-state index contributed by atoms with van der Waals surface area (Å²) in [7, 11) is 0. The van der Waals surface area contributed by atoms with E-state index < -0.39 is 11.7 Å². The topological polar surface area (TPSA) is 114 Å². The van der Waals surface area contributed by atoms with E-state index in [1.807, 2.05) is 30.3 Å². The minimum Gasteiger partial charge on any atom is -0.351 e. The Bertz CT molecular complexity index is 1430. The van der Waals surface area contributed by atoms with Crippen LogP contribution < -0.4 is 10.6 Å². The maximum atomic E-state index is 13.6. The molecule has 0 bridgehead atoms. The summed E-state index contributed by atoms with van der Waals surface area (Å²) < 4.78 is 25.6. The van der Waals surface area contributed by atoms with Gasteiger partial charge >= 0.3 is 0 Å².